The topological polar surface area (TPSA) is 47.6 Å². The summed E-state index contributed by atoms with van der Waals surface area (Å²) in [6.07, 6.45) is 0. The van der Waals surface area contributed by atoms with Crippen molar-refractivity contribution in [3.05, 3.63) is 17.7 Å². The van der Waals surface area contributed by atoms with Crippen molar-refractivity contribution >= 4 is 11.6 Å². The van der Waals surface area contributed by atoms with Gasteiger partial charge in [-0.2, -0.15) is 0 Å². The molecule has 1 atom stereocenters. The van der Waals surface area contributed by atoms with E-state index >= 15 is 0 Å². The molecule has 1 N–H and O–H groups in total. The highest BCUT2D eigenvalue weighted by Crippen LogP contribution is 2.41. The summed E-state index contributed by atoms with van der Waals surface area (Å²) in [6.45, 7) is 3.02. The minimum Gasteiger partial charge on any atom is -0.486 e. The van der Waals surface area contributed by atoms with Crippen LogP contribution >= 0.6 is 0 Å². The number of carbonyl (C=O) groups excluding carboxylic acids is 1. The number of amides is 1. The molecule has 0 spiro atoms. The summed E-state index contributed by atoms with van der Waals surface area (Å²) in [5.74, 6) is 1.39. The number of benzene rings is 1. The van der Waals surface area contributed by atoms with E-state index in [9.17, 15) is 4.79 Å². The minimum atomic E-state index is -0.101. The van der Waals surface area contributed by atoms with Crippen molar-refractivity contribution in [1.29, 1.82) is 0 Å². The van der Waals surface area contributed by atoms with E-state index in [0.717, 1.165) is 22.7 Å². The normalized spacial score (nSPS) is 22.2. The van der Waals surface area contributed by atoms with Gasteiger partial charge in [-0.05, 0) is 18.6 Å². The smallest absolute Gasteiger partial charge is 0.231 e. The zero-order chi connectivity index (χ0) is 10.4. The summed E-state index contributed by atoms with van der Waals surface area (Å²) in [5, 5.41) is 2.82. The molecule has 1 unspecified atom stereocenters. The molecule has 0 fully saturated rings. The van der Waals surface area contributed by atoms with Crippen molar-refractivity contribution in [3.8, 4) is 11.5 Å². The first-order valence-corrected chi connectivity index (χ1v) is 5.00. The monoisotopic (exact) mass is 205 g/mol. The van der Waals surface area contributed by atoms with Gasteiger partial charge in [0.05, 0.1) is 5.92 Å². The average molecular weight is 205 g/mol. The van der Waals surface area contributed by atoms with E-state index in [0.29, 0.717) is 13.2 Å². The maximum absolute atomic E-state index is 11.5. The van der Waals surface area contributed by atoms with E-state index in [2.05, 4.69) is 5.32 Å². The molecule has 1 amide bonds. The summed E-state index contributed by atoms with van der Waals surface area (Å²) in [5.41, 5.74) is 1.83. The lowest BCUT2D eigenvalue weighted by Crippen LogP contribution is -2.15. The molecule has 0 aromatic heterocycles. The Hall–Kier alpha value is -1.71. The molecule has 0 saturated heterocycles. The third kappa shape index (κ3) is 1.17. The van der Waals surface area contributed by atoms with Gasteiger partial charge < -0.3 is 14.8 Å². The Morgan fingerprint density at radius 1 is 1.27 bits per heavy atom. The maximum Gasteiger partial charge on any atom is 0.231 e. The molecule has 1 aromatic carbocycles. The number of rotatable bonds is 0. The second-order valence-corrected chi connectivity index (χ2v) is 3.79. The van der Waals surface area contributed by atoms with E-state index in [4.69, 9.17) is 9.47 Å². The highest BCUT2D eigenvalue weighted by Gasteiger charge is 2.29. The van der Waals surface area contributed by atoms with Crippen molar-refractivity contribution in [2.75, 3.05) is 18.5 Å². The number of hydrogen-bond acceptors (Lipinski definition) is 3. The van der Waals surface area contributed by atoms with Crippen LogP contribution in [0.1, 0.15) is 18.4 Å². The molecular weight excluding hydrogens is 194 g/mol. The van der Waals surface area contributed by atoms with E-state index in [1.54, 1.807) is 0 Å². The third-order valence-corrected chi connectivity index (χ3v) is 2.83. The molecule has 2 aliphatic heterocycles. The summed E-state index contributed by atoms with van der Waals surface area (Å²) in [4.78, 5) is 11.5. The molecule has 2 heterocycles. The van der Waals surface area contributed by atoms with E-state index in [-0.39, 0.29) is 11.8 Å². The number of nitrogens with one attached hydrogen (secondary N) is 1. The van der Waals surface area contributed by atoms with Gasteiger partial charge in [0.2, 0.25) is 5.91 Å². The van der Waals surface area contributed by atoms with Gasteiger partial charge in [-0.3, -0.25) is 4.79 Å². The molecule has 0 aliphatic carbocycles. The average Bonchev–Trinajstić information content (AvgIpc) is 2.52. The lowest BCUT2D eigenvalue weighted by atomic mass is 10.0. The molecule has 3 rings (SSSR count). The fourth-order valence-electron chi connectivity index (χ4n) is 1.95. The van der Waals surface area contributed by atoms with Crippen LogP contribution in [0.2, 0.25) is 0 Å². The van der Waals surface area contributed by atoms with Gasteiger partial charge in [0.25, 0.3) is 0 Å². The molecule has 15 heavy (non-hydrogen) atoms. The molecule has 78 valence electrons. The molecule has 4 nitrogen and oxygen atoms in total. The first kappa shape index (κ1) is 8.59. The Labute approximate surface area is 87.2 Å². The Balaban J connectivity index is 2.12. The standard InChI is InChI=1S/C11H11NO3/c1-6-7-4-9-10(15-3-2-14-9)5-8(7)12-11(6)13/h4-6H,2-3H2,1H3,(H,12,13). The van der Waals surface area contributed by atoms with Crippen molar-refractivity contribution in [2.45, 2.75) is 12.8 Å². The summed E-state index contributed by atoms with van der Waals surface area (Å²) < 4.78 is 10.9. The van der Waals surface area contributed by atoms with Crippen LogP contribution in [0.5, 0.6) is 11.5 Å². The van der Waals surface area contributed by atoms with Gasteiger partial charge >= 0.3 is 0 Å². The maximum atomic E-state index is 11.5. The molecule has 2 aliphatic rings. The number of hydrogen-bond donors (Lipinski definition) is 1. The van der Waals surface area contributed by atoms with Crippen LogP contribution in [0.15, 0.2) is 12.1 Å². The van der Waals surface area contributed by atoms with Gasteiger partial charge in [0.1, 0.15) is 13.2 Å². The van der Waals surface area contributed by atoms with Crippen molar-refractivity contribution < 1.29 is 14.3 Å². The van der Waals surface area contributed by atoms with Gasteiger partial charge in [0, 0.05) is 11.8 Å². The molecule has 4 heteroatoms. The van der Waals surface area contributed by atoms with Crippen LogP contribution in [0.4, 0.5) is 5.69 Å². The first-order chi connectivity index (χ1) is 7.25. The Kier molecular flexibility index (Phi) is 1.65. The SMILES string of the molecule is CC1C(=O)Nc2cc3c(cc21)OCCO3. The van der Waals surface area contributed by atoms with Gasteiger partial charge in [-0.25, -0.2) is 0 Å². The molecule has 1 aromatic rings. The van der Waals surface area contributed by atoms with Crippen molar-refractivity contribution in [2.24, 2.45) is 0 Å². The number of ether oxygens (including phenoxy) is 2. The lowest BCUT2D eigenvalue weighted by molar-refractivity contribution is -0.116. The fourth-order valence-corrected chi connectivity index (χ4v) is 1.95. The summed E-state index contributed by atoms with van der Waals surface area (Å²) >= 11 is 0. The van der Waals surface area contributed by atoms with Gasteiger partial charge in [-0.15, -0.1) is 0 Å². The predicted molar refractivity (Wildman–Crippen MR) is 54.5 cm³/mol. The molecule has 0 saturated carbocycles. The number of fused-ring (bicyclic) bond motifs is 2. The summed E-state index contributed by atoms with van der Waals surface area (Å²) in [6, 6.07) is 3.73. The first-order valence-electron chi connectivity index (χ1n) is 5.00. The Bertz CT molecular complexity index is 442. The summed E-state index contributed by atoms with van der Waals surface area (Å²) in [7, 11) is 0. The van der Waals surface area contributed by atoms with Crippen LogP contribution in [0, 0.1) is 0 Å². The Morgan fingerprint density at radius 3 is 2.67 bits per heavy atom. The predicted octanol–water partition coefficient (Wildman–Crippen LogP) is 1.51. The zero-order valence-electron chi connectivity index (χ0n) is 8.37. The highest BCUT2D eigenvalue weighted by molar-refractivity contribution is 6.03. The second-order valence-electron chi connectivity index (χ2n) is 3.79. The Morgan fingerprint density at radius 2 is 1.93 bits per heavy atom. The lowest BCUT2D eigenvalue weighted by Gasteiger charge is -2.19. The van der Waals surface area contributed by atoms with Crippen LogP contribution in [-0.4, -0.2) is 19.1 Å². The van der Waals surface area contributed by atoms with E-state index in [1.165, 1.54) is 0 Å². The largest absolute Gasteiger partial charge is 0.486 e. The quantitative estimate of drug-likeness (QED) is 0.698. The van der Waals surface area contributed by atoms with Crippen molar-refractivity contribution in [3.63, 3.8) is 0 Å². The zero-order valence-corrected chi connectivity index (χ0v) is 8.37. The van der Waals surface area contributed by atoms with E-state index < -0.39 is 0 Å². The number of carbonyl (C=O) groups is 1. The molecule has 0 radical (unpaired) electrons. The second kappa shape index (κ2) is 2.89. The van der Waals surface area contributed by atoms with Crippen LogP contribution < -0.4 is 14.8 Å². The van der Waals surface area contributed by atoms with Crippen molar-refractivity contribution in [1.82, 2.24) is 0 Å². The molecule has 0 bridgehead atoms. The number of anilines is 1. The van der Waals surface area contributed by atoms with Crippen LogP contribution in [0.3, 0.4) is 0 Å². The van der Waals surface area contributed by atoms with Gasteiger partial charge in [0.15, 0.2) is 11.5 Å². The molecular formula is C11H11NO3. The third-order valence-electron chi connectivity index (χ3n) is 2.83. The minimum absolute atomic E-state index is 0.0346. The van der Waals surface area contributed by atoms with Crippen LogP contribution in [-0.2, 0) is 4.79 Å². The van der Waals surface area contributed by atoms with Crippen LogP contribution in [0.25, 0.3) is 0 Å². The fraction of sp³-hybridized carbons (Fsp3) is 0.364. The highest BCUT2D eigenvalue weighted by atomic mass is 16.6. The van der Waals surface area contributed by atoms with E-state index in [1.807, 2.05) is 19.1 Å². The van der Waals surface area contributed by atoms with Gasteiger partial charge in [-0.1, -0.05) is 0 Å².